The average molecular weight is 199 g/mol. The van der Waals surface area contributed by atoms with Crippen LogP contribution in [0, 0.1) is 16.7 Å². The summed E-state index contributed by atoms with van der Waals surface area (Å²) >= 11 is 0. The molecule has 1 saturated carbocycles. The predicted octanol–water partition coefficient (Wildman–Crippen LogP) is 1.05. The molecule has 0 bridgehead atoms. The number of hydrogen-bond acceptors (Lipinski definition) is 4. The van der Waals surface area contributed by atoms with E-state index in [9.17, 15) is 5.11 Å². The van der Waals surface area contributed by atoms with Gasteiger partial charge in [0.15, 0.2) is 6.29 Å². The fraction of sp³-hybridized carbons (Fsp3) is 0.900. The van der Waals surface area contributed by atoms with Crippen LogP contribution in [0.25, 0.3) is 0 Å². The topological polar surface area (TPSA) is 62.5 Å². The van der Waals surface area contributed by atoms with Crippen molar-refractivity contribution >= 4 is 0 Å². The number of hydrogen-bond donors (Lipinski definition) is 1. The van der Waals surface area contributed by atoms with Gasteiger partial charge in [0.1, 0.15) is 6.10 Å². The first-order valence-electron chi connectivity index (χ1n) is 4.85. The van der Waals surface area contributed by atoms with Gasteiger partial charge < -0.3 is 14.6 Å². The average Bonchev–Trinajstić information content (AvgIpc) is 2.69. The lowest BCUT2D eigenvalue weighted by Crippen LogP contribution is -2.42. The largest absolute Gasteiger partial charge is 0.386 e. The molecular weight excluding hydrogens is 182 g/mol. The van der Waals surface area contributed by atoms with Gasteiger partial charge in [0.2, 0.25) is 0 Å². The summed E-state index contributed by atoms with van der Waals surface area (Å²) in [6.45, 7) is 0. The summed E-state index contributed by atoms with van der Waals surface area (Å²) in [7, 11) is 2.94. The maximum absolute atomic E-state index is 9.99. The monoisotopic (exact) mass is 199 g/mol. The molecule has 0 aromatic heterocycles. The van der Waals surface area contributed by atoms with Crippen LogP contribution in [-0.4, -0.2) is 31.7 Å². The Bertz CT molecular complexity index is 214. The minimum atomic E-state index is -0.856. The SMILES string of the molecule is COC(OC)C(O)C1(C#N)CCCC1. The molecule has 1 N–H and O–H groups in total. The van der Waals surface area contributed by atoms with Gasteiger partial charge >= 0.3 is 0 Å². The first-order chi connectivity index (χ1) is 6.70. The van der Waals surface area contributed by atoms with Crippen LogP contribution in [-0.2, 0) is 9.47 Å². The Labute approximate surface area is 84.4 Å². The molecule has 0 amide bonds. The number of methoxy groups -OCH3 is 2. The van der Waals surface area contributed by atoms with Gasteiger partial charge in [-0.05, 0) is 12.8 Å². The molecule has 1 aliphatic carbocycles. The molecule has 0 aromatic rings. The van der Waals surface area contributed by atoms with Crippen molar-refractivity contribution in [3.05, 3.63) is 0 Å². The smallest absolute Gasteiger partial charge is 0.184 e. The molecule has 4 heteroatoms. The van der Waals surface area contributed by atoms with E-state index in [-0.39, 0.29) is 0 Å². The molecule has 0 heterocycles. The van der Waals surface area contributed by atoms with Crippen molar-refractivity contribution in [2.75, 3.05) is 14.2 Å². The number of nitrogens with zero attached hydrogens (tertiary/aromatic N) is 1. The van der Waals surface area contributed by atoms with Crippen LogP contribution in [0.4, 0.5) is 0 Å². The Balaban J connectivity index is 2.74. The minimum Gasteiger partial charge on any atom is -0.386 e. The second-order valence-electron chi connectivity index (χ2n) is 3.76. The quantitative estimate of drug-likeness (QED) is 0.687. The number of rotatable bonds is 4. The van der Waals surface area contributed by atoms with E-state index in [0.29, 0.717) is 0 Å². The number of nitriles is 1. The molecule has 1 aliphatic rings. The Morgan fingerprint density at radius 1 is 1.29 bits per heavy atom. The lowest BCUT2D eigenvalue weighted by molar-refractivity contribution is -0.188. The number of aliphatic hydroxyl groups excluding tert-OH is 1. The third kappa shape index (κ3) is 1.90. The summed E-state index contributed by atoms with van der Waals surface area (Å²) in [5.74, 6) is 0. The molecule has 14 heavy (non-hydrogen) atoms. The summed E-state index contributed by atoms with van der Waals surface area (Å²) < 4.78 is 9.95. The lowest BCUT2D eigenvalue weighted by Gasteiger charge is -2.31. The highest BCUT2D eigenvalue weighted by Gasteiger charge is 2.45. The van der Waals surface area contributed by atoms with Crippen molar-refractivity contribution in [2.24, 2.45) is 5.41 Å². The van der Waals surface area contributed by atoms with Gasteiger partial charge in [-0.3, -0.25) is 0 Å². The van der Waals surface area contributed by atoms with E-state index >= 15 is 0 Å². The van der Waals surface area contributed by atoms with Crippen LogP contribution in [0.3, 0.4) is 0 Å². The normalized spacial score (nSPS) is 22.2. The molecular formula is C10H17NO3. The van der Waals surface area contributed by atoms with Crippen LogP contribution >= 0.6 is 0 Å². The maximum Gasteiger partial charge on any atom is 0.184 e. The third-order valence-corrected chi connectivity index (χ3v) is 3.01. The van der Waals surface area contributed by atoms with Crippen molar-refractivity contribution in [2.45, 2.75) is 38.1 Å². The van der Waals surface area contributed by atoms with Crippen molar-refractivity contribution < 1.29 is 14.6 Å². The molecule has 1 fully saturated rings. The van der Waals surface area contributed by atoms with Gasteiger partial charge in [-0.25, -0.2) is 0 Å². The maximum atomic E-state index is 9.99. The molecule has 80 valence electrons. The highest BCUT2D eigenvalue weighted by molar-refractivity contribution is 5.07. The second kappa shape index (κ2) is 4.74. The van der Waals surface area contributed by atoms with E-state index in [1.54, 1.807) is 0 Å². The molecule has 0 aliphatic heterocycles. The molecule has 1 atom stereocenters. The molecule has 0 radical (unpaired) electrons. The van der Waals surface area contributed by atoms with Crippen molar-refractivity contribution in [3.63, 3.8) is 0 Å². The molecule has 1 rings (SSSR count). The van der Waals surface area contributed by atoms with Crippen LogP contribution in [0.5, 0.6) is 0 Å². The zero-order valence-electron chi connectivity index (χ0n) is 8.69. The molecule has 1 unspecified atom stereocenters. The van der Waals surface area contributed by atoms with Gasteiger partial charge in [-0.2, -0.15) is 5.26 Å². The molecule has 4 nitrogen and oxygen atoms in total. The zero-order chi connectivity index (χ0) is 10.6. The minimum absolute atomic E-state index is 0.670. The summed E-state index contributed by atoms with van der Waals surface area (Å²) in [6, 6.07) is 2.22. The van der Waals surface area contributed by atoms with Gasteiger partial charge in [-0.1, -0.05) is 12.8 Å². The predicted molar refractivity (Wildman–Crippen MR) is 50.3 cm³/mol. The van der Waals surface area contributed by atoms with E-state index in [4.69, 9.17) is 14.7 Å². The summed E-state index contributed by atoms with van der Waals surface area (Å²) in [5.41, 5.74) is -0.670. The Morgan fingerprint density at radius 2 is 1.79 bits per heavy atom. The van der Waals surface area contributed by atoms with Gasteiger partial charge in [-0.15, -0.1) is 0 Å². The lowest BCUT2D eigenvalue weighted by atomic mass is 9.81. The molecule has 0 saturated heterocycles. The summed E-state index contributed by atoms with van der Waals surface area (Å²) in [4.78, 5) is 0. The highest BCUT2D eigenvalue weighted by Crippen LogP contribution is 2.41. The number of aliphatic hydroxyl groups is 1. The Morgan fingerprint density at radius 3 is 2.14 bits per heavy atom. The van der Waals surface area contributed by atoms with Gasteiger partial charge in [0.25, 0.3) is 0 Å². The van der Waals surface area contributed by atoms with Gasteiger partial charge in [0, 0.05) is 14.2 Å². The third-order valence-electron chi connectivity index (χ3n) is 3.01. The second-order valence-corrected chi connectivity index (χ2v) is 3.76. The zero-order valence-corrected chi connectivity index (χ0v) is 8.69. The standard InChI is InChI=1S/C10H17NO3/c1-13-9(14-2)8(12)10(7-11)5-3-4-6-10/h8-9,12H,3-6H2,1-2H3. The van der Waals surface area contributed by atoms with Crippen molar-refractivity contribution in [3.8, 4) is 6.07 Å². The molecule has 0 aromatic carbocycles. The van der Waals surface area contributed by atoms with E-state index in [2.05, 4.69) is 6.07 Å². The van der Waals surface area contributed by atoms with Crippen LogP contribution in [0.1, 0.15) is 25.7 Å². The van der Waals surface area contributed by atoms with E-state index in [1.165, 1.54) is 14.2 Å². The number of ether oxygens (including phenoxy) is 2. The summed E-state index contributed by atoms with van der Waals surface area (Å²) in [5, 5.41) is 19.1. The summed E-state index contributed by atoms with van der Waals surface area (Å²) in [6.07, 6.45) is 1.88. The fourth-order valence-electron chi connectivity index (χ4n) is 2.09. The fourth-order valence-corrected chi connectivity index (χ4v) is 2.09. The van der Waals surface area contributed by atoms with E-state index in [0.717, 1.165) is 25.7 Å². The first kappa shape index (κ1) is 11.4. The van der Waals surface area contributed by atoms with Crippen molar-refractivity contribution in [1.29, 1.82) is 5.26 Å². The van der Waals surface area contributed by atoms with E-state index < -0.39 is 17.8 Å². The Kier molecular flexibility index (Phi) is 3.87. The Hall–Kier alpha value is -0.630. The van der Waals surface area contributed by atoms with Crippen LogP contribution < -0.4 is 0 Å². The first-order valence-corrected chi connectivity index (χ1v) is 4.85. The van der Waals surface area contributed by atoms with Gasteiger partial charge in [0.05, 0.1) is 11.5 Å². The molecule has 0 spiro atoms. The van der Waals surface area contributed by atoms with Crippen molar-refractivity contribution in [1.82, 2.24) is 0 Å². The van der Waals surface area contributed by atoms with Crippen LogP contribution in [0.2, 0.25) is 0 Å². The van der Waals surface area contributed by atoms with E-state index in [1.807, 2.05) is 0 Å². The van der Waals surface area contributed by atoms with Crippen LogP contribution in [0.15, 0.2) is 0 Å². The highest BCUT2D eigenvalue weighted by atomic mass is 16.7.